The summed E-state index contributed by atoms with van der Waals surface area (Å²) in [6.07, 6.45) is -4.45. The molecule has 0 aliphatic heterocycles. The minimum Gasteiger partial charge on any atom is -0.399 e. The normalized spacial score (nSPS) is 11.5. The van der Waals surface area contributed by atoms with Crippen LogP contribution in [-0.2, 0) is 12.7 Å². The number of anilines is 2. The Hall–Kier alpha value is -1.88. The van der Waals surface area contributed by atoms with Crippen LogP contribution in [0.5, 0.6) is 0 Å². The zero-order chi connectivity index (χ0) is 15.6. The van der Waals surface area contributed by atoms with Crippen LogP contribution in [0.2, 0.25) is 5.02 Å². The minimum atomic E-state index is -4.45. The second-order valence-corrected chi connectivity index (χ2v) is 5.20. The smallest absolute Gasteiger partial charge is 0.399 e. The average molecular weight is 315 g/mol. The molecule has 0 fully saturated rings. The summed E-state index contributed by atoms with van der Waals surface area (Å²) in [6, 6.07) is 10.8. The van der Waals surface area contributed by atoms with Gasteiger partial charge in [0.1, 0.15) is 0 Å². The largest absolute Gasteiger partial charge is 0.418 e. The molecule has 0 aromatic heterocycles. The van der Waals surface area contributed by atoms with Crippen molar-refractivity contribution in [2.45, 2.75) is 12.7 Å². The molecule has 2 aromatic carbocycles. The lowest BCUT2D eigenvalue weighted by atomic mass is 10.1. The van der Waals surface area contributed by atoms with Gasteiger partial charge in [0, 0.05) is 30.0 Å². The van der Waals surface area contributed by atoms with Gasteiger partial charge in [0.2, 0.25) is 0 Å². The van der Waals surface area contributed by atoms with E-state index in [1.54, 1.807) is 25.2 Å². The van der Waals surface area contributed by atoms with Gasteiger partial charge in [-0.05, 0) is 35.9 Å². The van der Waals surface area contributed by atoms with E-state index in [4.69, 9.17) is 17.3 Å². The summed E-state index contributed by atoms with van der Waals surface area (Å²) in [7, 11) is 1.60. The Bertz CT molecular complexity index is 641. The third kappa shape index (κ3) is 3.82. The molecule has 0 spiro atoms. The molecule has 21 heavy (non-hydrogen) atoms. The number of hydrogen-bond acceptors (Lipinski definition) is 2. The van der Waals surface area contributed by atoms with Gasteiger partial charge < -0.3 is 10.6 Å². The minimum absolute atomic E-state index is 0.0803. The van der Waals surface area contributed by atoms with Crippen molar-refractivity contribution < 1.29 is 13.2 Å². The van der Waals surface area contributed by atoms with E-state index < -0.39 is 11.7 Å². The lowest BCUT2D eigenvalue weighted by Gasteiger charge is -2.24. The summed E-state index contributed by atoms with van der Waals surface area (Å²) in [5.74, 6) is 0. The molecule has 6 heteroatoms. The monoisotopic (exact) mass is 314 g/mol. The van der Waals surface area contributed by atoms with Gasteiger partial charge in [-0.1, -0.05) is 23.7 Å². The van der Waals surface area contributed by atoms with Crippen molar-refractivity contribution in [1.82, 2.24) is 0 Å². The Morgan fingerprint density at radius 1 is 1.14 bits per heavy atom. The molecule has 0 saturated heterocycles. The second-order valence-electron chi connectivity index (χ2n) is 4.76. The third-order valence-electron chi connectivity index (χ3n) is 3.05. The lowest BCUT2D eigenvalue weighted by molar-refractivity contribution is -0.137. The SMILES string of the molecule is CN(Cc1cccc(Cl)c1)c1ccc(N)cc1C(F)(F)F. The van der Waals surface area contributed by atoms with Crippen LogP contribution in [0.4, 0.5) is 24.5 Å². The molecular formula is C15H14ClF3N2. The number of hydrogen-bond donors (Lipinski definition) is 1. The number of halogens is 4. The predicted octanol–water partition coefficient (Wildman–Crippen LogP) is 4.58. The van der Waals surface area contributed by atoms with Crippen LogP contribution < -0.4 is 10.6 Å². The molecule has 0 saturated carbocycles. The fraction of sp³-hybridized carbons (Fsp3) is 0.200. The van der Waals surface area contributed by atoms with Gasteiger partial charge in [0.25, 0.3) is 0 Å². The van der Waals surface area contributed by atoms with E-state index in [0.29, 0.717) is 11.6 Å². The summed E-state index contributed by atoms with van der Waals surface area (Å²) in [4.78, 5) is 1.52. The average Bonchev–Trinajstić information content (AvgIpc) is 2.37. The number of rotatable bonds is 3. The molecule has 0 atom stereocenters. The van der Waals surface area contributed by atoms with E-state index in [-0.39, 0.29) is 11.4 Å². The molecule has 0 heterocycles. The van der Waals surface area contributed by atoms with E-state index in [9.17, 15) is 13.2 Å². The summed E-state index contributed by atoms with van der Waals surface area (Å²) >= 11 is 5.88. The van der Waals surface area contributed by atoms with Crippen LogP contribution in [-0.4, -0.2) is 7.05 Å². The molecule has 0 radical (unpaired) electrons. The molecule has 2 aromatic rings. The highest BCUT2D eigenvalue weighted by Gasteiger charge is 2.34. The Kier molecular flexibility index (Phi) is 4.32. The van der Waals surface area contributed by atoms with Crippen molar-refractivity contribution in [1.29, 1.82) is 0 Å². The number of nitrogen functional groups attached to an aromatic ring is 1. The first kappa shape index (κ1) is 15.5. The number of benzene rings is 2. The van der Waals surface area contributed by atoms with Gasteiger partial charge in [-0.3, -0.25) is 0 Å². The molecule has 0 amide bonds. The summed E-state index contributed by atoms with van der Waals surface area (Å²) in [6.45, 7) is 0.313. The van der Waals surface area contributed by atoms with Gasteiger partial charge in [0.05, 0.1) is 5.56 Å². The van der Waals surface area contributed by atoms with E-state index >= 15 is 0 Å². The highest BCUT2D eigenvalue weighted by molar-refractivity contribution is 6.30. The fourth-order valence-electron chi connectivity index (χ4n) is 2.11. The predicted molar refractivity (Wildman–Crippen MR) is 79.4 cm³/mol. The highest BCUT2D eigenvalue weighted by atomic mass is 35.5. The van der Waals surface area contributed by atoms with E-state index in [1.165, 1.54) is 17.0 Å². The third-order valence-corrected chi connectivity index (χ3v) is 3.28. The first-order chi connectivity index (χ1) is 9.77. The molecule has 0 unspecified atom stereocenters. The molecule has 112 valence electrons. The van der Waals surface area contributed by atoms with Crippen LogP contribution in [0.15, 0.2) is 42.5 Å². The van der Waals surface area contributed by atoms with Crippen molar-refractivity contribution in [3.8, 4) is 0 Å². The topological polar surface area (TPSA) is 29.3 Å². The molecule has 0 aliphatic carbocycles. The molecule has 0 aliphatic rings. The molecule has 2 rings (SSSR count). The number of nitrogens with two attached hydrogens (primary N) is 1. The van der Waals surface area contributed by atoms with Crippen LogP contribution in [0, 0.1) is 0 Å². The maximum absolute atomic E-state index is 13.1. The standard InChI is InChI=1S/C15H14ClF3N2/c1-21(9-10-3-2-4-11(16)7-10)14-6-5-12(20)8-13(14)15(17,18)19/h2-8H,9,20H2,1H3. The number of alkyl halides is 3. The van der Waals surface area contributed by atoms with Crippen LogP contribution in [0.1, 0.15) is 11.1 Å². The van der Waals surface area contributed by atoms with Crippen molar-refractivity contribution in [3.05, 3.63) is 58.6 Å². The van der Waals surface area contributed by atoms with Crippen molar-refractivity contribution in [3.63, 3.8) is 0 Å². The summed E-state index contributed by atoms with van der Waals surface area (Å²) in [5, 5.41) is 0.550. The van der Waals surface area contributed by atoms with Gasteiger partial charge >= 0.3 is 6.18 Å². The van der Waals surface area contributed by atoms with E-state index in [1.807, 2.05) is 6.07 Å². The molecular weight excluding hydrogens is 301 g/mol. The fourth-order valence-corrected chi connectivity index (χ4v) is 2.32. The first-order valence-corrected chi connectivity index (χ1v) is 6.57. The second kappa shape index (κ2) is 5.85. The quantitative estimate of drug-likeness (QED) is 0.840. The van der Waals surface area contributed by atoms with Gasteiger partial charge in [-0.25, -0.2) is 0 Å². The Morgan fingerprint density at radius 2 is 1.86 bits per heavy atom. The Morgan fingerprint density at radius 3 is 2.48 bits per heavy atom. The maximum atomic E-state index is 13.1. The lowest BCUT2D eigenvalue weighted by Crippen LogP contribution is -2.21. The van der Waals surface area contributed by atoms with Gasteiger partial charge in [-0.15, -0.1) is 0 Å². The first-order valence-electron chi connectivity index (χ1n) is 6.19. The zero-order valence-electron chi connectivity index (χ0n) is 11.3. The van der Waals surface area contributed by atoms with Crippen LogP contribution in [0.25, 0.3) is 0 Å². The summed E-state index contributed by atoms with van der Waals surface area (Å²) < 4.78 is 39.3. The zero-order valence-corrected chi connectivity index (χ0v) is 12.0. The van der Waals surface area contributed by atoms with Crippen molar-refractivity contribution in [2.75, 3.05) is 17.7 Å². The summed E-state index contributed by atoms with van der Waals surface area (Å²) in [5.41, 5.74) is 5.71. The molecule has 2 nitrogen and oxygen atoms in total. The molecule has 0 bridgehead atoms. The molecule has 2 N–H and O–H groups in total. The number of nitrogens with zero attached hydrogens (tertiary/aromatic N) is 1. The maximum Gasteiger partial charge on any atom is 0.418 e. The van der Waals surface area contributed by atoms with Gasteiger partial charge in [-0.2, -0.15) is 13.2 Å². The van der Waals surface area contributed by atoms with Crippen LogP contribution >= 0.6 is 11.6 Å². The van der Waals surface area contributed by atoms with Crippen molar-refractivity contribution in [2.24, 2.45) is 0 Å². The van der Waals surface area contributed by atoms with Crippen molar-refractivity contribution >= 4 is 23.0 Å². The van der Waals surface area contributed by atoms with E-state index in [0.717, 1.165) is 11.6 Å². The highest BCUT2D eigenvalue weighted by Crippen LogP contribution is 2.37. The van der Waals surface area contributed by atoms with Crippen LogP contribution in [0.3, 0.4) is 0 Å². The van der Waals surface area contributed by atoms with E-state index in [2.05, 4.69) is 0 Å². The Labute approximate surface area is 125 Å². The Balaban J connectivity index is 2.33. The van der Waals surface area contributed by atoms with Gasteiger partial charge in [0.15, 0.2) is 0 Å².